The normalized spacial score (nSPS) is 26.7. The topological polar surface area (TPSA) is 87.4 Å². The smallest absolute Gasteiger partial charge is 0.249 e. The van der Waals surface area contributed by atoms with Gasteiger partial charge in [0, 0.05) is 17.4 Å². The summed E-state index contributed by atoms with van der Waals surface area (Å²) >= 11 is 0. The second-order valence-corrected chi connectivity index (χ2v) is 9.33. The van der Waals surface area contributed by atoms with Crippen LogP contribution in [0.3, 0.4) is 0 Å². The fraction of sp³-hybridized carbons (Fsp3) is 0.462. The van der Waals surface area contributed by atoms with Crippen molar-refractivity contribution in [2.45, 2.75) is 24.7 Å². The van der Waals surface area contributed by atoms with Gasteiger partial charge in [0.1, 0.15) is 0 Å². The SMILES string of the molecule is Cc1ccc(S(=O)(=O)N=S2(=O)CCC(C#N)CC2)cc1. The average molecular weight is 312 g/mol. The summed E-state index contributed by atoms with van der Waals surface area (Å²) in [6, 6.07) is 8.43. The Morgan fingerprint density at radius 3 is 2.30 bits per heavy atom. The lowest BCUT2D eigenvalue weighted by Gasteiger charge is -2.19. The number of hydrogen-bond acceptors (Lipinski definition) is 4. The van der Waals surface area contributed by atoms with Gasteiger partial charge in [-0.05, 0) is 31.9 Å². The summed E-state index contributed by atoms with van der Waals surface area (Å²) in [4.78, 5) is 0.0632. The van der Waals surface area contributed by atoms with E-state index in [0.717, 1.165) is 5.56 Å². The molecule has 1 aromatic carbocycles. The maximum absolute atomic E-state index is 12.5. The zero-order valence-corrected chi connectivity index (χ0v) is 12.8. The van der Waals surface area contributed by atoms with E-state index in [1.807, 2.05) is 6.92 Å². The Hall–Kier alpha value is -1.39. The first-order chi connectivity index (χ1) is 9.35. The summed E-state index contributed by atoms with van der Waals surface area (Å²) in [6.45, 7) is 1.86. The lowest BCUT2D eigenvalue weighted by molar-refractivity contribution is 0.581. The van der Waals surface area contributed by atoms with Crippen molar-refractivity contribution in [2.24, 2.45) is 9.69 Å². The van der Waals surface area contributed by atoms with E-state index in [4.69, 9.17) is 5.26 Å². The highest BCUT2D eigenvalue weighted by Crippen LogP contribution is 2.23. The van der Waals surface area contributed by atoms with Crippen molar-refractivity contribution < 1.29 is 12.6 Å². The third-order valence-electron chi connectivity index (χ3n) is 3.31. The number of sulfonamides is 1. The predicted molar refractivity (Wildman–Crippen MR) is 77.0 cm³/mol. The largest absolute Gasteiger partial charge is 0.290 e. The van der Waals surface area contributed by atoms with Gasteiger partial charge in [0.15, 0.2) is 0 Å². The van der Waals surface area contributed by atoms with Crippen molar-refractivity contribution >= 4 is 19.8 Å². The minimum Gasteiger partial charge on any atom is -0.249 e. The highest BCUT2D eigenvalue weighted by molar-refractivity contribution is 8.03. The molecule has 0 atom stereocenters. The molecule has 108 valence electrons. The molecule has 0 radical (unpaired) electrons. The number of benzene rings is 1. The number of hydrogen-bond donors (Lipinski definition) is 0. The fourth-order valence-corrected chi connectivity index (χ4v) is 6.40. The van der Waals surface area contributed by atoms with Gasteiger partial charge in [0.05, 0.1) is 20.7 Å². The third-order valence-corrected chi connectivity index (χ3v) is 7.79. The number of nitrogens with zero attached hydrogens (tertiary/aromatic N) is 2. The molecule has 0 amide bonds. The Kier molecular flexibility index (Phi) is 4.16. The molecule has 2 rings (SSSR count). The standard InChI is InChI=1S/C13H16N2O3S2/c1-11-2-4-13(5-3-11)20(17,18)15-19(16)8-6-12(10-14)7-9-19/h2-5,12H,6-9H2,1H3. The fourth-order valence-electron chi connectivity index (χ4n) is 2.03. The molecule has 7 heteroatoms. The van der Waals surface area contributed by atoms with Crippen LogP contribution in [-0.2, 0) is 19.8 Å². The monoisotopic (exact) mass is 312 g/mol. The molecular weight excluding hydrogens is 296 g/mol. The van der Waals surface area contributed by atoms with Gasteiger partial charge in [-0.1, -0.05) is 17.7 Å². The molecule has 0 aromatic heterocycles. The Bertz CT molecular complexity index is 738. The molecule has 0 saturated carbocycles. The molecule has 0 bridgehead atoms. The molecule has 0 N–H and O–H groups in total. The van der Waals surface area contributed by atoms with Gasteiger partial charge in [0.25, 0.3) is 10.0 Å². The zero-order valence-electron chi connectivity index (χ0n) is 11.2. The van der Waals surface area contributed by atoms with E-state index >= 15 is 0 Å². The summed E-state index contributed by atoms with van der Waals surface area (Å²) in [5, 5.41) is 8.81. The van der Waals surface area contributed by atoms with Crippen LogP contribution in [0.15, 0.2) is 32.9 Å². The van der Waals surface area contributed by atoms with Gasteiger partial charge in [-0.3, -0.25) is 0 Å². The molecule has 20 heavy (non-hydrogen) atoms. The lowest BCUT2D eigenvalue weighted by atomic mass is 10.1. The van der Waals surface area contributed by atoms with Crippen molar-refractivity contribution in [3.63, 3.8) is 0 Å². The Morgan fingerprint density at radius 1 is 1.25 bits per heavy atom. The molecule has 1 aliphatic rings. The van der Waals surface area contributed by atoms with Gasteiger partial charge in [-0.2, -0.15) is 13.7 Å². The molecular formula is C13H16N2O3S2. The van der Waals surface area contributed by atoms with E-state index in [9.17, 15) is 12.6 Å². The van der Waals surface area contributed by atoms with Crippen molar-refractivity contribution in [1.29, 1.82) is 5.26 Å². The van der Waals surface area contributed by atoms with E-state index in [0.29, 0.717) is 12.8 Å². The highest BCUT2D eigenvalue weighted by atomic mass is 32.3. The lowest BCUT2D eigenvalue weighted by Crippen LogP contribution is -2.23. The maximum Gasteiger partial charge on any atom is 0.290 e. The Balaban J connectivity index is 2.32. The third kappa shape index (κ3) is 3.38. The first-order valence-electron chi connectivity index (χ1n) is 6.30. The number of rotatable bonds is 2. The van der Waals surface area contributed by atoms with E-state index < -0.39 is 19.8 Å². The van der Waals surface area contributed by atoms with Gasteiger partial charge in [-0.15, -0.1) is 3.77 Å². The van der Waals surface area contributed by atoms with Gasteiger partial charge >= 0.3 is 0 Å². The molecule has 1 saturated heterocycles. The first-order valence-corrected chi connectivity index (χ1v) is 9.59. The summed E-state index contributed by atoms with van der Waals surface area (Å²) in [5.74, 6) is 0.217. The molecule has 0 unspecified atom stereocenters. The molecule has 1 aromatic rings. The molecule has 5 nitrogen and oxygen atoms in total. The van der Waals surface area contributed by atoms with Crippen LogP contribution in [-0.4, -0.2) is 24.1 Å². The predicted octanol–water partition coefficient (Wildman–Crippen LogP) is 2.09. The maximum atomic E-state index is 12.5. The van der Waals surface area contributed by atoms with Crippen LogP contribution in [0.2, 0.25) is 0 Å². The molecule has 1 fully saturated rings. The average Bonchev–Trinajstić information content (AvgIpc) is 2.39. The molecule has 0 spiro atoms. The van der Waals surface area contributed by atoms with Crippen LogP contribution in [0.1, 0.15) is 18.4 Å². The summed E-state index contributed by atoms with van der Waals surface area (Å²) < 4.78 is 40.4. The van der Waals surface area contributed by atoms with Crippen molar-refractivity contribution in [1.82, 2.24) is 0 Å². The highest BCUT2D eigenvalue weighted by Gasteiger charge is 2.25. The molecule has 0 aliphatic carbocycles. The van der Waals surface area contributed by atoms with E-state index in [1.54, 1.807) is 12.1 Å². The number of aryl methyl sites for hydroxylation is 1. The van der Waals surface area contributed by atoms with E-state index in [1.165, 1.54) is 12.1 Å². The van der Waals surface area contributed by atoms with Crippen LogP contribution in [0.5, 0.6) is 0 Å². The van der Waals surface area contributed by atoms with Gasteiger partial charge < -0.3 is 0 Å². The summed E-state index contributed by atoms with van der Waals surface area (Å²) in [7, 11) is -6.66. The first kappa shape index (κ1) is 15.0. The summed E-state index contributed by atoms with van der Waals surface area (Å²) in [5.41, 5.74) is 0.947. The molecule has 1 heterocycles. The second-order valence-electron chi connectivity index (χ2n) is 4.95. The minimum atomic E-state index is -3.89. The quantitative estimate of drug-likeness (QED) is 0.836. The van der Waals surface area contributed by atoms with Crippen LogP contribution in [0.4, 0.5) is 0 Å². The second kappa shape index (κ2) is 5.54. The van der Waals surface area contributed by atoms with Crippen LogP contribution >= 0.6 is 0 Å². The molecule has 1 aliphatic heterocycles. The van der Waals surface area contributed by atoms with Gasteiger partial charge in [0.2, 0.25) is 0 Å². The Morgan fingerprint density at radius 2 is 1.80 bits per heavy atom. The summed E-state index contributed by atoms with van der Waals surface area (Å²) in [6.07, 6.45) is 0.893. The van der Waals surface area contributed by atoms with Crippen molar-refractivity contribution in [3.8, 4) is 6.07 Å². The van der Waals surface area contributed by atoms with Gasteiger partial charge in [-0.25, -0.2) is 4.21 Å². The minimum absolute atomic E-state index is 0.0632. The zero-order chi connectivity index (χ0) is 14.8. The van der Waals surface area contributed by atoms with Crippen molar-refractivity contribution in [2.75, 3.05) is 11.5 Å². The van der Waals surface area contributed by atoms with Crippen LogP contribution in [0, 0.1) is 24.2 Å². The number of nitriles is 1. The van der Waals surface area contributed by atoms with E-state index in [-0.39, 0.29) is 22.3 Å². The Labute approximate surface area is 119 Å². The van der Waals surface area contributed by atoms with E-state index in [2.05, 4.69) is 9.84 Å². The van der Waals surface area contributed by atoms with Crippen molar-refractivity contribution in [3.05, 3.63) is 29.8 Å². The van der Waals surface area contributed by atoms with Crippen LogP contribution in [0.25, 0.3) is 0 Å². The van der Waals surface area contributed by atoms with Crippen LogP contribution < -0.4 is 0 Å².